The van der Waals surface area contributed by atoms with Crippen LogP contribution in [0, 0.1) is 10.1 Å². The van der Waals surface area contributed by atoms with Crippen molar-refractivity contribution in [2.24, 2.45) is 0 Å². The van der Waals surface area contributed by atoms with Gasteiger partial charge in [0, 0.05) is 31.1 Å². The van der Waals surface area contributed by atoms with Crippen molar-refractivity contribution in [3.63, 3.8) is 0 Å². The van der Waals surface area contributed by atoms with Crippen LogP contribution in [0.15, 0.2) is 48.8 Å². The summed E-state index contributed by atoms with van der Waals surface area (Å²) < 4.78 is 24.8. The van der Waals surface area contributed by atoms with Crippen molar-refractivity contribution in [2.45, 2.75) is 6.54 Å². The predicted molar refractivity (Wildman–Crippen MR) is 91.4 cm³/mol. The first-order valence-electron chi connectivity index (χ1n) is 7.15. The molecule has 0 fully saturated rings. The van der Waals surface area contributed by atoms with E-state index >= 15 is 0 Å². The van der Waals surface area contributed by atoms with Crippen molar-refractivity contribution >= 4 is 27.3 Å². The lowest BCUT2D eigenvalue weighted by Crippen LogP contribution is -2.40. The Bertz CT molecular complexity index is 871. The van der Waals surface area contributed by atoms with Crippen molar-refractivity contribution in [1.29, 1.82) is 0 Å². The Kier molecular flexibility index (Phi) is 5.65. The van der Waals surface area contributed by atoms with Gasteiger partial charge >= 0.3 is 0 Å². The number of amides is 1. The third-order valence-electron chi connectivity index (χ3n) is 3.26. The number of hydrogen-bond donors (Lipinski definition) is 1. The number of rotatable bonds is 7. The van der Waals surface area contributed by atoms with Gasteiger partial charge in [0.25, 0.3) is 5.69 Å². The number of anilines is 1. The van der Waals surface area contributed by atoms with Crippen molar-refractivity contribution in [3.8, 4) is 0 Å². The molecule has 0 unspecified atom stereocenters. The van der Waals surface area contributed by atoms with E-state index in [2.05, 4.69) is 10.3 Å². The molecular formula is C15H16N4O5S. The number of carbonyl (C=O) groups is 1. The Balaban J connectivity index is 2.14. The van der Waals surface area contributed by atoms with Crippen molar-refractivity contribution < 1.29 is 18.1 Å². The molecule has 0 radical (unpaired) electrons. The molecule has 0 bridgehead atoms. The lowest BCUT2D eigenvalue weighted by atomic mass is 10.2. The third-order valence-corrected chi connectivity index (χ3v) is 4.40. The van der Waals surface area contributed by atoms with Gasteiger partial charge in [-0.2, -0.15) is 0 Å². The summed E-state index contributed by atoms with van der Waals surface area (Å²) in [5.74, 6) is -0.534. The second kappa shape index (κ2) is 7.71. The monoisotopic (exact) mass is 364 g/mol. The van der Waals surface area contributed by atoms with E-state index in [-0.39, 0.29) is 17.9 Å². The number of nitro benzene ring substituents is 1. The normalized spacial score (nSPS) is 10.9. The van der Waals surface area contributed by atoms with Crippen molar-refractivity contribution in [2.75, 3.05) is 17.1 Å². The van der Waals surface area contributed by atoms with Crippen LogP contribution >= 0.6 is 0 Å². The van der Waals surface area contributed by atoms with E-state index in [1.54, 1.807) is 24.5 Å². The number of carbonyl (C=O) groups excluding carboxylic acids is 1. The largest absolute Gasteiger partial charge is 0.350 e. The van der Waals surface area contributed by atoms with Crippen LogP contribution < -0.4 is 9.62 Å². The molecular weight excluding hydrogens is 348 g/mol. The zero-order chi connectivity index (χ0) is 18.4. The van der Waals surface area contributed by atoms with Crippen molar-refractivity contribution in [3.05, 3.63) is 64.5 Å². The van der Waals surface area contributed by atoms with Crippen LogP contribution in [0.1, 0.15) is 5.56 Å². The van der Waals surface area contributed by atoms with Crippen LogP contribution in [0.2, 0.25) is 0 Å². The number of pyridine rings is 1. The van der Waals surface area contributed by atoms with Gasteiger partial charge in [0.15, 0.2) is 0 Å². The summed E-state index contributed by atoms with van der Waals surface area (Å²) in [5.41, 5.74) is 0.601. The van der Waals surface area contributed by atoms with Gasteiger partial charge in [0.05, 0.1) is 16.9 Å². The van der Waals surface area contributed by atoms with Crippen LogP contribution in [0.4, 0.5) is 11.4 Å². The summed E-state index contributed by atoms with van der Waals surface area (Å²) in [6, 6.07) is 8.54. The van der Waals surface area contributed by atoms with E-state index in [1.165, 1.54) is 18.2 Å². The standard InChI is InChI=1S/C15H16N4O5S/c1-25(23,24)18(13-3-2-4-14(9-13)19(21)22)11-15(20)17-10-12-5-7-16-8-6-12/h2-9H,10-11H2,1H3,(H,17,20). The Morgan fingerprint density at radius 2 is 1.96 bits per heavy atom. The molecule has 1 heterocycles. The molecule has 10 heteroatoms. The number of hydrogen-bond acceptors (Lipinski definition) is 6. The maximum atomic E-state index is 12.1. The van der Waals surface area contributed by atoms with E-state index in [9.17, 15) is 23.3 Å². The predicted octanol–water partition coefficient (Wildman–Crippen LogP) is 1.07. The summed E-state index contributed by atoms with van der Waals surface area (Å²) in [6.07, 6.45) is 4.09. The fourth-order valence-corrected chi connectivity index (χ4v) is 2.90. The zero-order valence-corrected chi connectivity index (χ0v) is 14.1. The van der Waals surface area contributed by atoms with Gasteiger partial charge in [0.2, 0.25) is 15.9 Å². The average Bonchev–Trinajstić information content (AvgIpc) is 2.58. The number of nitrogens with one attached hydrogen (secondary N) is 1. The molecule has 1 N–H and O–H groups in total. The number of nitrogens with zero attached hydrogens (tertiary/aromatic N) is 3. The first-order valence-corrected chi connectivity index (χ1v) is 9.00. The first-order chi connectivity index (χ1) is 11.8. The molecule has 0 aliphatic heterocycles. The second-order valence-electron chi connectivity index (χ2n) is 5.18. The maximum Gasteiger partial charge on any atom is 0.271 e. The Morgan fingerprint density at radius 3 is 2.56 bits per heavy atom. The number of nitro groups is 1. The van der Waals surface area contributed by atoms with Gasteiger partial charge in [-0.15, -0.1) is 0 Å². The number of aromatic nitrogens is 1. The summed E-state index contributed by atoms with van der Waals surface area (Å²) >= 11 is 0. The number of non-ortho nitro benzene ring substituents is 1. The lowest BCUT2D eigenvalue weighted by molar-refractivity contribution is -0.384. The number of benzene rings is 1. The Morgan fingerprint density at radius 1 is 1.28 bits per heavy atom. The molecule has 9 nitrogen and oxygen atoms in total. The highest BCUT2D eigenvalue weighted by molar-refractivity contribution is 7.92. The molecule has 0 aliphatic rings. The lowest BCUT2D eigenvalue weighted by Gasteiger charge is -2.21. The van der Waals surface area contributed by atoms with Crippen molar-refractivity contribution in [1.82, 2.24) is 10.3 Å². The Hall–Kier alpha value is -3.01. The molecule has 0 atom stereocenters. The van der Waals surface area contributed by atoms with Gasteiger partial charge < -0.3 is 5.32 Å². The quantitative estimate of drug-likeness (QED) is 0.579. The van der Waals surface area contributed by atoms with E-state index in [4.69, 9.17) is 0 Å². The van der Waals surface area contributed by atoms with Crippen LogP contribution in [0.5, 0.6) is 0 Å². The van der Waals surface area contributed by atoms with E-state index < -0.39 is 27.4 Å². The third kappa shape index (κ3) is 5.24. The zero-order valence-electron chi connectivity index (χ0n) is 13.3. The van der Waals surface area contributed by atoms with Crippen LogP contribution in [0.3, 0.4) is 0 Å². The fourth-order valence-electron chi connectivity index (χ4n) is 2.05. The van der Waals surface area contributed by atoms with E-state index in [0.717, 1.165) is 22.2 Å². The molecule has 1 aromatic carbocycles. The van der Waals surface area contributed by atoms with Gasteiger partial charge in [0.1, 0.15) is 6.54 Å². The fraction of sp³-hybridized carbons (Fsp3) is 0.200. The Labute approximate surface area is 144 Å². The molecule has 2 aromatic rings. The number of sulfonamides is 1. The topological polar surface area (TPSA) is 123 Å². The molecule has 2 rings (SSSR count). The highest BCUT2D eigenvalue weighted by Gasteiger charge is 2.22. The van der Waals surface area contributed by atoms with Gasteiger partial charge in [-0.1, -0.05) is 6.07 Å². The minimum absolute atomic E-state index is 0.0516. The molecule has 0 saturated heterocycles. The van der Waals surface area contributed by atoms with E-state index in [1.807, 2.05) is 0 Å². The molecule has 132 valence electrons. The van der Waals surface area contributed by atoms with Crippen LogP contribution in [0.25, 0.3) is 0 Å². The summed E-state index contributed by atoms with van der Waals surface area (Å²) in [5, 5.41) is 13.5. The maximum absolute atomic E-state index is 12.1. The minimum atomic E-state index is -3.80. The molecule has 1 aromatic heterocycles. The van der Waals surface area contributed by atoms with Gasteiger partial charge in [-0.25, -0.2) is 8.42 Å². The summed E-state index contributed by atoms with van der Waals surface area (Å²) in [6.45, 7) is -0.265. The van der Waals surface area contributed by atoms with E-state index in [0.29, 0.717) is 0 Å². The van der Waals surface area contributed by atoms with Crippen LogP contribution in [-0.2, 0) is 21.4 Å². The van der Waals surface area contributed by atoms with Gasteiger partial charge in [-0.3, -0.25) is 24.2 Å². The smallest absolute Gasteiger partial charge is 0.271 e. The van der Waals surface area contributed by atoms with Gasteiger partial charge in [-0.05, 0) is 23.8 Å². The minimum Gasteiger partial charge on any atom is -0.350 e. The SMILES string of the molecule is CS(=O)(=O)N(CC(=O)NCc1ccncc1)c1cccc([N+](=O)[O-])c1. The molecule has 25 heavy (non-hydrogen) atoms. The molecule has 1 amide bonds. The highest BCUT2D eigenvalue weighted by Crippen LogP contribution is 2.22. The summed E-state index contributed by atoms with van der Waals surface area (Å²) in [7, 11) is -3.80. The summed E-state index contributed by atoms with van der Waals surface area (Å²) in [4.78, 5) is 26.2. The molecule has 0 spiro atoms. The second-order valence-corrected chi connectivity index (χ2v) is 7.09. The first kappa shape index (κ1) is 18.3. The molecule has 0 saturated carbocycles. The van der Waals surface area contributed by atoms with Crippen LogP contribution in [-0.4, -0.2) is 37.0 Å². The average molecular weight is 364 g/mol. The molecule has 0 aliphatic carbocycles. The highest BCUT2D eigenvalue weighted by atomic mass is 32.2.